The van der Waals surface area contributed by atoms with Gasteiger partial charge in [0, 0.05) is 51.4 Å². The minimum atomic E-state index is -0.0477. The van der Waals surface area contributed by atoms with Crippen LogP contribution in [0.15, 0.2) is 29.3 Å². The summed E-state index contributed by atoms with van der Waals surface area (Å²) in [4.78, 5) is 17.9. The van der Waals surface area contributed by atoms with Crippen molar-refractivity contribution in [3.63, 3.8) is 0 Å². The molecule has 7 heteroatoms. The van der Waals surface area contributed by atoms with Crippen LogP contribution < -0.4 is 16.0 Å². The number of aliphatic imine (C=N–C) groups is 1. The van der Waals surface area contributed by atoms with Crippen LogP contribution in [-0.4, -0.2) is 55.5 Å². The van der Waals surface area contributed by atoms with Gasteiger partial charge in [-0.2, -0.15) is 0 Å². The molecule has 1 saturated heterocycles. The Balaban J connectivity index is 0.00000364. The Kier molecular flexibility index (Phi) is 10.7. The first kappa shape index (κ1) is 23.7. The lowest BCUT2D eigenvalue weighted by atomic mass is 10.0. The number of anilines is 1. The van der Waals surface area contributed by atoms with Crippen molar-refractivity contribution in [3.8, 4) is 0 Å². The van der Waals surface area contributed by atoms with Crippen LogP contribution in [-0.2, 0) is 11.2 Å². The van der Waals surface area contributed by atoms with Crippen LogP contribution in [0.5, 0.6) is 0 Å². The number of halogens is 1. The van der Waals surface area contributed by atoms with Crippen LogP contribution in [0.1, 0.15) is 39.2 Å². The molecule has 2 rings (SSSR count). The molecule has 6 nitrogen and oxygen atoms in total. The molecule has 0 unspecified atom stereocenters. The first-order valence-electron chi connectivity index (χ1n) is 9.55. The largest absolute Gasteiger partial charge is 0.356 e. The van der Waals surface area contributed by atoms with E-state index in [0.717, 1.165) is 50.5 Å². The van der Waals surface area contributed by atoms with Gasteiger partial charge in [-0.05, 0) is 50.8 Å². The smallest absolute Gasteiger partial charge is 0.221 e. The summed E-state index contributed by atoms with van der Waals surface area (Å²) in [5.41, 5.74) is 2.06. The molecule has 0 saturated carbocycles. The molecule has 0 aromatic heterocycles. The maximum atomic E-state index is 11.0. The van der Waals surface area contributed by atoms with Crippen LogP contribution in [0.3, 0.4) is 0 Å². The van der Waals surface area contributed by atoms with E-state index < -0.39 is 0 Å². The molecular weight excluding hydrogens is 453 g/mol. The van der Waals surface area contributed by atoms with Crippen molar-refractivity contribution in [3.05, 3.63) is 29.8 Å². The summed E-state index contributed by atoms with van der Waals surface area (Å²) in [5.74, 6) is 0.830. The number of carbonyl (C=O) groups is 1. The first-order valence-corrected chi connectivity index (χ1v) is 9.55. The standard InChI is InChI=1S/C20H33N5O.HI/c1-15(2)25-13-10-19(11-14-25)24-20(21-4)22-12-9-17-5-7-18(8-6-17)23-16(3)26;/h5-8,15,19H,9-14H2,1-4H3,(H,23,26)(H2,21,22,24);1H. The van der Waals surface area contributed by atoms with Crippen LogP contribution in [0, 0.1) is 0 Å². The third-order valence-corrected chi connectivity index (χ3v) is 4.80. The first-order chi connectivity index (χ1) is 12.5. The second kappa shape index (κ2) is 12.2. The number of benzene rings is 1. The van der Waals surface area contributed by atoms with E-state index >= 15 is 0 Å². The summed E-state index contributed by atoms with van der Waals surface area (Å²) in [6.45, 7) is 9.15. The second-order valence-electron chi connectivity index (χ2n) is 7.18. The average Bonchev–Trinajstić information content (AvgIpc) is 2.62. The second-order valence-corrected chi connectivity index (χ2v) is 7.18. The predicted octanol–water partition coefficient (Wildman–Crippen LogP) is 2.84. The Morgan fingerprint density at radius 3 is 2.37 bits per heavy atom. The maximum Gasteiger partial charge on any atom is 0.221 e. The monoisotopic (exact) mass is 487 g/mol. The van der Waals surface area contributed by atoms with Gasteiger partial charge in [0.05, 0.1) is 0 Å². The molecule has 1 fully saturated rings. The highest BCUT2D eigenvalue weighted by Gasteiger charge is 2.21. The predicted molar refractivity (Wildman–Crippen MR) is 124 cm³/mol. The van der Waals surface area contributed by atoms with Crippen molar-refractivity contribution >= 4 is 41.5 Å². The number of nitrogens with zero attached hydrogens (tertiary/aromatic N) is 2. The van der Waals surface area contributed by atoms with Gasteiger partial charge in [-0.1, -0.05) is 12.1 Å². The van der Waals surface area contributed by atoms with Gasteiger partial charge in [-0.3, -0.25) is 9.79 Å². The molecule has 0 aliphatic carbocycles. The summed E-state index contributed by atoms with van der Waals surface area (Å²) in [6, 6.07) is 9.09. The van der Waals surface area contributed by atoms with Crippen LogP contribution >= 0.6 is 24.0 Å². The van der Waals surface area contributed by atoms with E-state index in [0.29, 0.717) is 12.1 Å². The number of carbonyl (C=O) groups excluding carboxylic acids is 1. The van der Waals surface area contributed by atoms with Crippen molar-refractivity contribution in [2.45, 2.75) is 52.1 Å². The van der Waals surface area contributed by atoms with E-state index in [1.54, 1.807) is 0 Å². The van der Waals surface area contributed by atoms with Gasteiger partial charge in [-0.15, -0.1) is 24.0 Å². The Labute approximate surface area is 180 Å². The van der Waals surface area contributed by atoms with Crippen molar-refractivity contribution in [2.24, 2.45) is 4.99 Å². The Hall–Kier alpha value is -1.35. The van der Waals surface area contributed by atoms with Gasteiger partial charge < -0.3 is 20.9 Å². The van der Waals surface area contributed by atoms with Crippen LogP contribution in [0.2, 0.25) is 0 Å². The van der Waals surface area contributed by atoms with Gasteiger partial charge in [0.1, 0.15) is 0 Å². The fourth-order valence-corrected chi connectivity index (χ4v) is 3.23. The molecule has 1 aromatic carbocycles. The molecule has 0 radical (unpaired) electrons. The summed E-state index contributed by atoms with van der Waals surface area (Å²) in [7, 11) is 1.82. The maximum absolute atomic E-state index is 11.0. The van der Waals surface area contributed by atoms with Gasteiger partial charge in [0.25, 0.3) is 0 Å². The van der Waals surface area contributed by atoms with Gasteiger partial charge in [-0.25, -0.2) is 0 Å². The van der Waals surface area contributed by atoms with Crippen molar-refractivity contribution in [1.82, 2.24) is 15.5 Å². The number of hydrogen-bond acceptors (Lipinski definition) is 3. The lowest BCUT2D eigenvalue weighted by Crippen LogP contribution is -2.50. The topological polar surface area (TPSA) is 68.8 Å². The van der Waals surface area contributed by atoms with E-state index in [4.69, 9.17) is 0 Å². The lowest BCUT2D eigenvalue weighted by Gasteiger charge is -2.35. The molecule has 0 bridgehead atoms. The van der Waals surface area contributed by atoms with Crippen molar-refractivity contribution in [1.29, 1.82) is 0 Å². The Morgan fingerprint density at radius 2 is 1.85 bits per heavy atom. The van der Waals surface area contributed by atoms with E-state index in [9.17, 15) is 4.79 Å². The molecular formula is C20H34IN5O. The molecule has 1 amide bonds. The molecule has 1 aliphatic rings. The molecule has 3 N–H and O–H groups in total. The van der Waals surface area contributed by atoms with Crippen molar-refractivity contribution in [2.75, 3.05) is 32.0 Å². The van der Waals surface area contributed by atoms with E-state index in [2.05, 4.69) is 39.7 Å². The Bertz CT molecular complexity index is 595. The minimum Gasteiger partial charge on any atom is -0.356 e. The number of guanidine groups is 1. The number of hydrogen-bond donors (Lipinski definition) is 3. The third-order valence-electron chi connectivity index (χ3n) is 4.80. The average molecular weight is 487 g/mol. The zero-order valence-electron chi connectivity index (χ0n) is 16.9. The van der Waals surface area contributed by atoms with E-state index in [-0.39, 0.29) is 29.9 Å². The Morgan fingerprint density at radius 1 is 1.22 bits per heavy atom. The molecule has 0 spiro atoms. The summed E-state index contributed by atoms with van der Waals surface area (Å²) >= 11 is 0. The zero-order valence-corrected chi connectivity index (χ0v) is 19.2. The summed E-state index contributed by atoms with van der Waals surface area (Å²) in [6.07, 6.45) is 3.22. The molecule has 152 valence electrons. The van der Waals surface area contributed by atoms with Gasteiger partial charge in [0.15, 0.2) is 5.96 Å². The normalized spacial score (nSPS) is 16.0. The van der Waals surface area contributed by atoms with Gasteiger partial charge in [0.2, 0.25) is 5.91 Å². The fraction of sp³-hybridized carbons (Fsp3) is 0.600. The highest BCUT2D eigenvalue weighted by atomic mass is 127. The number of likely N-dealkylation sites (tertiary alicyclic amines) is 1. The molecule has 1 heterocycles. The molecule has 1 aromatic rings. The molecule has 0 atom stereocenters. The van der Waals surface area contributed by atoms with Crippen LogP contribution in [0.25, 0.3) is 0 Å². The summed E-state index contributed by atoms with van der Waals surface area (Å²) < 4.78 is 0. The van der Waals surface area contributed by atoms with Crippen molar-refractivity contribution < 1.29 is 4.79 Å². The third kappa shape index (κ3) is 8.47. The van der Waals surface area contributed by atoms with Gasteiger partial charge >= 0.3 is 0 Å². The number of amides is 1. The SMILES string of the molecule is CN=C(NCCc1ccc(NC(C)=O)cc1)NC1CCN(C(C)C)CC1.I. The quantitative estimate of drug-likeness (QED) is 0.328. The molecule has 27 heavy (non-hydrogen) atoms. The lowest BCUT2D eigenvalue weighted by molar-refractivity contribution is -0.114. The summed E-state index contributed by atoms with van der Waals surface area (Å²) in [5, 5.41) is 9.73. The number of rotatable bonds is 6. The highest BCUT2D eigenvalue weighted by Crippen LogP contribution is 2.13. The van der Waals surface area contributed by atoms with E-state index in [1.165, 1.54) is 12.5 Å². The fourth-order valence-electron chi connectivity index (χ4n) is 3.23. The number of piperidine rings is 1. The van der Waals surface area contributed by atoms with Crippen LogP contribution in [0.4, 0.5) is 5.69 Å². The number of nitrogens with one attached hydrogen (secondary N) is 3. The zero-order chi connectivity index (χ0) is 18.9. The minimum absolute atomic E-state index is 0. The highest BCUT2D eigenvalue weighted by molar-refractivity contribution is 14.0. The van der Waals surface area contributed by atoms with E-state index in [1.807, 2.05) is 31.3 Å². The molecule has 1 aliphatic heterocycles.